The SMILES string of the molecule is CC1(C)C(OC2OC(C(=O)O)C(O)C(O)C2OC2OC(CO)C(O)C(O)C2O)CC[C@@]2(C)C1CC[C@]1(C)C2C(=O)C=C2C3C[C@@](C)(C(=O)O)CC[C@]3(C)CC[C@]21C. The number of allylic oxidation sites excluding steroid dienone is 2. The van der Waals surface area contributed by atoms with Crippen LogP contribution in [-0.2, 0) is 33.3 Å². The number of carboxylic acids is 2. The Balaban J connectivity index is 1.17. The van der Waals surface area contributed by atoms with Crippen LogP contribution in [-0.4, -0.2) is 133 Å². The lowest BCUT2D eigenvalue weighted by Gasteiger charge is -2.70. The fourth-order valence-corrected chi connectivity index (χ4v) is 13.4. The van der Waals surface area contributed by atoms with Gasteiger partial charge in [0.25, 0.3) is 0 Å². The van der Waals surface area contributed by atoms with Gasteiger partial charge in [0.2, 0.25) is 0 Å². The molecule has 322 valence electrons. The van der Waals surface area contributed by atoms with E-state index in [1.165, 1.54) is 0 Å². The number of ketones is 1. The Morgan fingerprint density at radius 1 is 0.772 bits per heavy atom. The Bertz CT molecular complexity index is 1650. The molecule has 0 bridgehead atoms. The minimum atomic E-state index is -1.98. The molecule has 0 amide bonds. The minimum Gasteiger partial charge on any atom is -0.481 e. The Kier molecular flexibility index (Phi) is 10.8. The van der Waals surface area contributed by atoms with Crippen LogP contribution in [0.4, 0.5) is 0 Å². The highest BCUT2D eigenvalue weighted by Crippen LogP contribution is 2.75. The summed E-state index contributed by atoms with van der Waals surface area (Å²) < 4.78 is 23.8. The van der Waals surface area contributed by atoms with E-state index >= 15 is 0 Å². The smallest absolute Gasteiger partial charge is 0.335 e. The highest BCUT2D eigenvalue weighted by Gasteiger charge is 2.71. The van der Waals surface area contributed by atoms with Crippen LogP contribution in [0, 0.1) is 50.2 Å². The van der Waals surface area contributed by atoms with E-state index in [0.717, 1.165) is 37.7 Å². The third-order valence-corrected chi connectivity index (χ3v) is 17.3. The zero-order valence-electron chi connectivity index (χ0n) is 34.2. The molecule has 5 aliphatic carbocycles. The summed E-state index contributed by atoms with van der Waals surface area (Å²) >= 11 is 0. The van der Waals surface area contributed by atoms with Crippen LogP contribution in [0.25, 0.3) is 0 Å². The van der Waals surface area contributed by atoms with Crippen molar-refractivity contribution in [2.45, 2.75) is 174 Å². The number of aliphatic hydroxyl groups excluding tert-OH is 6. The van der Waals surface area contributed by atoms with Crippen LogP contribution in [0.2, 0.25) is 0 Å². The molecule has 0 radical (unpaired) electrons. The van der Waals surface area contributed by atoms with E-state index in [0.29, 0.717) is 25.7 Å². The van der Waals surface area contributed by atoms with Crippen LogP contribution in [0.3, 0.4) is 0 Å². The molecule has 2 heterocycles. The van der Waals surface area contributed by atoms with Gasteiger partial charge in [0.1, 0.15) is 42.7 Å². The number of carboxylic acid groups (broad SMARTS) is 2. The molecule has 4 saturated carbocycles. The maximum Gasteiger partial charge on any atom is 0.335 e. The van der Waals surface area contributed by atoms with Crippen molar-refractivity contribution in [3.63, 3.8) is 0 Å². The number of rotatable bonds is 7. The zero-order valence-corrected chi connectivity index (χ0v) is 34.2. The van der Waals surface area contributed by atoms with Gasteiger partial charge in [-0.05, 0) is 110 Å². The van der Waals surface area contributed by atoms with Crippen LogP contribution in [0.5, 0.6) is 0 Å². The largest absolute Gasteiger partial charge is 0.481 e. The molecule has 14 unspecified atom stereocenters. The predicted molar refractivity (Wildman–Crippen MR) is 199 cm³/mol. The first-order chi connectivity index (χ1) is 26.4. The van der Waals surface area contributed by atoms with Crippen LogP contribution < -0.4 is 0 Å². The maximum absolute atomic E-state index is 14.8. The lowest BCUT2D eigenvalue weighted by molar-refractivity contribution is -0.374. The first kappa shape index (κ1) is 43.1. The van der Waals surface area contributed by atoms with E-state index in [2.05, 4.69) is 41.5 Å². The van der Waals surface area contributed by atoms with Crippen molar-refractivity contribution in [3.05, 3.63) is 11.6 Å². The van der Waals surface area contributed by atoms with Crippen LogP contribution in [0.1, 0.15) is 106 Å². The highest BCUT2D eigenvalue weighted by atomic mass is 16.8. The van der Waals surface area contributed by atoms with Crippen molar-refractivity contribution < 1.29 is 74.2 Å². The number of ether oxygens (including phenoxy) is 4. The predicted octanol–water partition coefficient (Wildman–Crippen LogP) is 2.15. The summed E-state index contributed by atoms with van der Waals surface area (Å²) in [6.45, 7) is 14.3. The molecule has 15 nitrogen and oxygen atoms in total. The molecule has 6 fully saturated rings. The number of hydrogen-bond acceptors (Lipinski definition) is 13. The van der Waals surface area contributed by atoms with Gasteiger partial charge in [-0.15, -0.1) is 0 Å². The Labute approximate surface area is 333 Å². The van der Waals surface area contributed by atoms with Crippen molar-refractivity contribution >= 4 is 17.7 Å². The minimum absolute atomic E-state index is 0.00364. The molecule has 7 rings (SSSR count). The third-order valence-electron chi connectivity index (χ3n) is 17.3. The van der Waals surface area contributed by atoms with Crippen molar-refractivity contribution in [2.75, 3.05) is 6.61 Å². The summed E-state index contributed by atoms with van der Waals surface area (Å²) in [5.41, 5.74) is -1.63. The van der Waals surface area contributed by atoms with Gasteiger partial charge >= 0.3 is 11.9 Å². The van der Waals surface area contributed by atoms with Crippen molar-refractivity contribution in [2.24, 2.45) is 50.2 Å². The topological polar surface area (TPSA) is 250 Å². The monoisotopic (exact) mass is 808 g/mol. The van der Waals surface area contributed by atoms with Crippen molar-refractivity contribution in [3.8, 4) is 0 Å². The van der Waals surface area contributed by atoms with Crippen molar-refractivity contribution in [1.29, 1.82) is 0 Å². The van der Waals surface area contributed by atoms with Gasteiger partial charge in [-0.25, -0.2) is 4.79 Å². The third kappa shape index (κ3) is 6.31. The number of hydrogen-bond donors (Lipinski definition) is 8. The Morgan fingerprint density at radius 2 is 1.44 bits per heavy atom. The van der Waals surface area contributed by atoms with E-state index in [4.69, 9.17) is 18.9 Å². The van der Waals surface area contributed by atoms with Gasteiger partial charge in [-0.2, -0.15) is 0 Å². The molecule has 0 aromatic carbocycles. The summed E-state index contributed by atoms with van der Waals surface area (Å²) in [7, 11) is 0. The van der Waals surface area contributed by atoms with E-state index in [-0.39, 0.29) is 34.4 Å². The van der Waals surface area contributed by atoms with E-state index in [9.17, 15) is 55.2 Å². The number of aliphatic hydroxyl groups is 6. The van der Waals surface area contributed by atoms with Gasteiger partial charge in [-0.1, -0.05) is 47.1 Å². The average Bonchev–Trinajstić information content (AvgIpc) is 3.13. The summed E-state index contributed by atoms with van der Waals surface area (Å²) in [5, 5.41) is 83.3. The van der Waals surface area contributed by atoms with Crippen molar-refractivity contribution in [1.82, 2.24) is 0 Å². The molecular formula is C42H64O15. The molecular weight excluding hydrogens is 744 g/mol. The standard InChI is InChI=1S/C42H64O15/c1-37(2)23-8-11-42(7)32(21(44)16-19-20-17-39(4,36(52)53)13-12-38(20,3)14-15-41(19,42)6)40(23,5)10-9-24(37)55-35-31(28(48)27(47)30(56-35)33(50)51)57-34-29(49)26(46)25(45)22(18-43)54-34/h16,20,22-32,34-35,43,45-49H,8-15,17-18H2,1-7H3,(H,50,51)(H,52,53)/t20?,22?,23?,24?,25?,26?,27?,28?,29?,30?,31?,32?,34?,35?,38-,39+,40+,41-,42-/m1/s1. The van der Waals surface area contributed by atoms with Gasteiger partial charge in [0.05, 0.1) is 18.1 Å². The summed E-state index contributed by atoms with van der Waals surface area (Å²) in [4.78, 5) is 39.5. The molecule has 15 heteroatoms. The number of carbonyl (C=O) groups is 3. The summed E-state index contributed by atoms with van der Waals surface area (Å²) in [6, 6.07) is 0. The fourth-order valence-electron chi connectivity index (χ4n) is 13.4. The van der Waals surface area contributed by atoms with E-state index < -0.39 is 108 Å². The second kappa shape index (κ2) is 14.3. The molecule has 0 aromatic rings. The Morgan fingerprint density at radius 3 is 2.07 bits per heavy atom. The normalized spacial score (nSPS) is 53.4. The molecule has 8 N–H and O–H groups in total. The van der Waals surface area contributed by atoms with E-state index in [1.54, 1.807) is 0 Å². The molecule has 2 saturated heterocycles. The van der Waals surface area contributed by atoms with E-state index in [1.807, 2.05) is 13.0 Å². The molecule has 19 atom stereocenters. The average molecular weight is 809 g/mol. The second-order valence-corrected chi connectivity index (χ2v) is 20.6. The first-order valence-electron chi connectivity index (χ1n) is 20.8. The molecule has 7 aliphatic rings. The molecule has 0 spiro atoms. The lowest BCUT2D eigenvalue weighted by Crippen LogP contribution is -2.68. The van der Waals surface area contributed by atoms with Gasteiger partial charge in [0.15, 0.2) is 24.5 Å². The van der Waals surface area contributed by atoms with Crippen LogP contribution >= 0.6 is 0 Å². The number of carbonyl (C=O) groups excluding carboxylic acids is 1. The van der Waals surface area contributed by atoms with Crippen LogP contribution in [0.15, 0.2) is 11.6 Å². The second-order valence-electron chi connectivity index (χ2n) is 20.6. The quantitative estimate of drug-likeness (QED) is 0.172. The summed E-state index contributed by atoms with van der Waals surface area (Å²) in [6.07, 6.45) is -9.82. The fraction of sp³-hybridized carbons (Fsp3) is 0.881. The maximum atomic E-state index is 14.8. The number of aliphatic carboxylic acids is 2. The molecule has 0 aromatic heterocycles. The Hall–Kier alpha value is -2.05. The van der Waals surface area contributed by atoms with Gasteiger partial charge in [-0.3, -0.25) is 9.59 Å². The number of fused-ring (bicyclic) bond motifs is 7. The van der Waals surface area contributed by atoms with Gasteiger partial charge in [0, 0.05) is 5.92 Å². The highest BCUT2D eigenvalue weighted by molar-refractivity contribution is 5.95. The first-order valence-corrected chi connectivity index (χ1v) is 20.8. The molecule has 57 heavy (non-hydrogen) atoms. The van der Waals surface area contributed by atoms with Gasteiger partial charge < -0.3 is 59.8 Å². The summed E-state index contributed by atoms with van der Waals surface area (Å²) in [5.74, 6) is -2.63. The molecule has 2 aliphatic heterocycles. The zero-order chi connectivity index (χ0) is 42.0. The lowest BCUT2D eigenvalue weighted by atomic mass is 9.33.